The van der Waals surface area contributed by atoms with E-state index in [2.05, 4.69) is 44.3 Å². The molecular weight excluding hydrogens is 354 g/mol. The number of rotatable bonds is 7. The highest BCUT2D eigenvalue weighted by Crippen LogP contribution is 2.25. The normalized spacial score (nSPS) is 13.2. The van der Waals surface area contributed by atoms with Crippen molar-refractivity contribution in [3.63, 3.8) is 0 Å². The van der Waals surface area contributed by atoms with Crippen molar-refractivity contribution in [3.05, 3.63) is 22.6 Å². The quantitative estimate of drug-likeness (QED) is 0.521. The zero-order valence-corrected chi connectivity index (χ0v) is 15.0. The number of imidazole rings is 1. The lowest BCUT2D eigenvalue weighted by atomic mass is 10.3. The summed E-state index contributed by atoms with van der Waals surface area (Å²) >= 11 is 9.68. The van der Waals surface area contributed by atoms with Crippen molar-refractivity contribution in [1.82, 2.24) is 14.5 Å². The molecule has 2 aromatic rings. The van der Waals surface area contributed by atoms with Gasteiger partial charge in [0.1, 0.15) is 11.3 Å². The topological polar surface area (TPSA) is 39.9 Å². The van der Waals surface area contributed by atoms with Gasteiger partial charge in [-0.25, -0.2) is 9.97 Å². The van der Waals surface area contributed by atoms with E-state index in [4.69, 9.17) is 16.3 Å². The van der Waals surface area contributed by atoms with Gasteiger partial charge in [-0.2, -0.15) is 0 Å². The Bertz CT molecular complexity index is 598. The fraction of sp³-hybridized carbons (Fsp3) is 0.600. The number of fused-ring (bicyclic) bond motifs is 1. The van der Waals surface area contributed by atoms with Gasteiger partial charge in [0.25, 0.3) is 0 Å². The molecule has 0 bridgehead atoms. The van der Waals surface area contributed by atoms with Crippen molar-refractivity contribution in [1.29, 1.82) is 0 Å². The van der Waals surface area contributed by atoms with E-state index in [9.17, 15) is 0 Å². The van der Waals surface area contributed by atoms with Gasteiger partial charge in [-0.05, 0) is 55.6 Å². The average Bonchev–Trinajstić information content (AvgIpc) is 2.76. The molecule has 2 heterocycles. The van der Waals surface area contributed by atoms with Gasteiger partial charge in [-0.15, -0.1) is 11.6 Å². The van der Waals surface area contributed by atoms with Gasteiger partial charge in [0.05, 0.1) is 11.5 Å². The Morgan fingerprint density at radius 3 is 2.76 bits per heavy atom. The van der Waals surface area contributed by atoms with E-state index >= 15 is 0 Å². The van der Waals surface area contributed by atoms with E-state index in [1.807, 2.05) is 13.0 Å². The van der Waals surface area contributed by atoms with E-state index in [0.717, 1.165) is 47.5 Å². The molecule has 0 saturated carbocycles. The third kappa shape index (κ3) is 4.41. The van der Waals surface area contributed by atoms with Crippen LogP contribution in [0.1, 0.15) is 44.8 Å². The molecule has 1 unspecified atom stereocenters. The molecule has 0 amide bonds. The third-order valence-corrected chi connectivity index (χ3v) is 3.79. The third-order valence-electron chi connectivity index (χ3n) is 3.16. The number of hydrogen-bond acceptors (Lipinski definition) is 3. The average molecular weight is 375 g/mol. The monoisotopic (exact) mass is 373 g/mol. The molecule has 0 N–H and O–H groups in total. The second kappa shape index (κ2) is 7.56. The van der Waals surface area contributed by atoms with Gasteiger partial charge in [0, 0.05) is 23.8 Å². The van der Waals surface area contributed by atoms with Crippen LogP contribution in [-0.2, 0) is 11.3 Å². The molecule has 0 radical (unpaired) electrons. The first-order valence-corrected chi connectivity index (χ1v) is 8.49. The Morgan fingerprint density at radius 1 is 1.33 bits per heavy atom. The summed E-state index contributed by atoms with van der Waals surface area (Å²) in [7, 11) is 0. The molecule has 4 nitrogen and oxygen atoms in total. The van der Waals surface area contributed by atoms with Crippen molar-refractivity contribution >= 4 is 38.7 Å². The van der Waals surface area contributed by atoms with E-state index in [1.54, 1.807) is 6.20 Å². The molecule has 0 fully saturated rings. The van der Waals surface area contributed by atoms with Crippen molar-refractivity contribution in [3.8, 4) is 0 Å². The van der Waals surface area contributed by atoms with E-state index in [1.165, 1.54) is 0 Å². The van der Waals surface area contributed by atoms with Crippen molar-refractivity contribution in [2.75, 3.05) is 6.61 Å². The Balaban J connectivity index is 2.11. The summed E-state index contributed by atoms with van der Waals surface area (Å²) in [5.74, 6) is 0.877. The van der Waals surface area contributed by atoms with Gasteiger partial charge in [-0.1, -0.05) is 0 Å². The van der Waals surface area contributed by atoms with Crippen LogP contribution >= 0.6 is 27.5 Å². The van der Waals surface area contributed by atoms with Crippen LogP contribution in [0.2, 0.25) is 0 Å². The number of ether oxygens (including phenoxy) is 1. The zero-order chi connectivity index (χ0) is 15.4. The summed E-state index contributed by atoms with van der Waals surface area (Å²) in [6.45, 7) is 7.70. The zero-order valence-electron chi connectivity index (χ0n) is 12.6. The minimum atomic E-state index is -0.134. The molecule has 0 saturated heterocycles. The summed E-state index contributed by atoms with van der Waals surface area (Å²) in [4.78, 5) is 9.08. The Kier molecular flexibility index (Phi) is 6.02. The Labute approximate surface area is 139 Å². The van der Waals surface area contributed by atoms with Gasteiger partial charge < -0.3 is 9.30 Å². The smallest absolute Gasteiger partial charge is 0.160 e. The predicted molar refractivity (Wildman–Crippen MR) is 89.8 cm³/mol. The number of hydrogen-bond donors (Lipinski definition) is 0. The van der Waals surface area contributed by atoms with Gasteiger partial charge in [0.2, 0.25) is 0 Å². The van der Waals surface area contributed by atoms with E-state index < -0.39 is 0 Å². The van der Waals surface area contributed by atoms with E-state index in [-0.39, 0.29) is 11.5 Å². The largest absolute Gasteiger partial charge is 0.379 e. The summed E-state index contributed by atoms with van der Waals surface area (Å²) < 4.78 is 8.62. The highest BCUT2D eigenvalue weighted by atomic mass is 79.9. The van der Waals surface area contributed by atoms with Crippen LogP contribution in [0.5, 0.6) is 0 Å². The lowest BCUT2D eigenvalue weighted by Crippen LogP contribution is -2.08. The Hall–Kier alpha value is -0.650. The fourth-order valence-corrected chi connectivity index (χ4v) is 2.70. The highest BCUT2D eigenvalue weighted by Gasteiger charge is 2.15. The fourth-order valence-electron chi connectivity index (χ4n) is 2.22. The first-order chi connectivity index (χ1) is 9.99. The van der Waals surface area contributed by atoms with Crippen LogP contribution in [0, 0.1) is 0 Å². The Morgan fingerprint density at radius 2 is 2.10 bits per heavy atom. The molecule has 0 aliphatic heterocycles. The maximum atomic E-state index is 6.25. The van der Waals surface area contributed by atoms with Crippen molar-refractivity contribution in [2.24, 2.45) is 0 Å². The van der Waals surface area contributed by atoms with Crippen LogP contribution in [0.25, 0.3) is 11.2 Å². The molecule has 0 aliphatic carbocycles. The second-order valence-electron chi connectivity index (χ2n) is 5.36. The number of aromatic nitrogens is 3. The molecule has 2 aromatic heterocycles. The minimum absolute atomic E-state index is 0.134. The highest BCUT2D eigenvalue weighted by molar-refractivity contribution is 9.10. The first kappa shape index (κ1) is 16.7. The van der Waals surface area contributed by atoms with E-state index in [0.29, 0.717) is 0 Å². The molecule has 116 valence electrons. The predicted octanol–water partition coefficient (Wildman–Crippen LogP) is 4.70. The minimum Gasteiger partial charge on any atom is -0.379 e. The van der Waals surface area contributed by atoms with Crippen molar-refractivity contribution < 1.29 is 4.74 Å². The standard InChI is InChI=1S/C15H21BrClN3O/c1-10(2)21-7-5-4-6-20-14(11(3)17)19-13-8-12(16)9-18-15(13)20/h8-11H,4-7H2,1-3H3. The number of halogens is 2. The lowest BCUT2D eigenvalue weighted by Gasteiger charge is -2.11. The lowest BCUT2D eigenvalue weighted by molar-refractivity contribution is 0.0754. The summed E-state index contributed by atoms with van der Waals surface area (Å²) in [6, 6.07) is 1.98. The number of unbranched alkanes of at least 4 members (excludes halogenated alkanes) is 1. The summed E-state index contributed by atoms with van der Waals surface area (Å²) in [5.41, 5.74) is 1.77. The number of pyridine rings is 1. The van der Waals surface area contributed by atoms with Crippen LogP contribution in [0.15, 0.2) is 16.7 Å². The maximum absolute atomic E-state index is 6.25. The summed E-state index contributed by atoms with van der Waals surface area (Å²) in [5, 5.41) is -0.134. The number of aryl methyl sites for hydroxylation is 1. The van der Waals surface area contributed by atoms with Crippen LogP contribution < -0.4 is 0 Å². The van der Waals surface area contributed by atoms with Gasteiger partial charge >= 0.3 is 0 Å². The maximum Gasteiger partial charge on any atom is 0.160 e. The van der Waals surface area contributed by atoms with Crippen LogP contribution in [-0.4, -0.2) is 27.2 Å². The number of nitrogens with zero attached hydrogens (tertiary/aromatic N) is 3. The molecular formula is C15H21BrClN3O. The van der Waals surface area contributed by atoms with Crippen LogP contribution in [0.4, 0.5) is 0 Å². The molecule has 1 atom stereocenters. The van der Waals surface area contributed by atoms with Crippen LogP contribution in [0.3, 0.4) is 0 Å². The first-order valence-electron chi connectivity index (χ1n) is 7.26. The number of alkyl halides is 1. The summed E-state index contributed by atoms with van der Waals surface area (Å²) in [6.07, 6.45) is 4.12. The van der Waals surface area contributed by atoms with Crippen molar-refractivity contribution in [2.45, 2.75) is 51.6 Å². The molecule has 6 heteroatoms. The molecule has 0 spiro atoms. The van der Waals surface area contributed by atoms with Gasteiger partial charge in [0.15, 0.2) is 5.65 Å². The molecule has 21 heavy (non-hydrogen) atoms. The molecule has 2 rings (SSSR count). The second-order valence-corrected chi connectivity index (χ2v) is 6.93. The molecule has 0 aromatic carbocycles. The SMILES string of the molecule is CC(C)OCCCCn1c(C(C)Cl)nc2cc(Br)cnc21. The molecule has 0 aliphatic rings. The van der Waals surface area contributed by atoms with Gasteiger partial charge in [-0.3, -0.25) is 0 Å².